The normalized spacial score (nSPS) is 12.5. The summed E-state index contributed by atoms with van der Waals surface area (Å²) < 4.78 is 1.35. The van der Waals surface area contributed by atoms with E-state index in [2.05, 4.69) is 25.5 Å². The van der Waals surface area contributed by atoms with Crippen molar-refractivity contribution in [2.24, 2.45) is 5.92 Å². The number of para-hydroxylation sites is 1. The molecule has 0 saturated carbocycles. The molecule has 9 heteroatoms. The van der Waals surface area contributed by atoms with Gasteiger partial charge in [-0.25, -0.2) is 14.6 Å². The van der Waals surface area contributed by atoms with Gasteiger partial charge in [-0.15, -0.1) is 0 Å². The molecule has 0 aliphatic carbocycles. The summed E-state index contributed by atoms with van der Waals surface area (Å²) in [5.74, 6) is 0.653. The smallest absolute Gasteiger partial charge is 0.269 e. The highest BCUT2D eigenvalue weighted by molar-refractivity contribution is 7.99. The molecule has 0 aliphatic rings. The van der Waals surface area contributed by atoms with Crippen LogP contribution in [0.3, 0.4) is 0 Å². The minimum atomic E-state index is -0.259. The number of nitrogens with zero attached hydrogens (tertiary/aromatic N) is 4. The van der Waals surface area contributed by atoms with Gasteiger partial charge in [0.15, 0.2) is 5.16 Å². The van der Waals surface area contributed by atoms with E-state index in [-0.39, 0.29) is 29.2 Å². The maximum absolute atomic E-state index is 12.9. The van der Waals surface area contributed by atoms with Crippen molar-refractivity contribution in [2.45, 2.75) is 32.0 Å². The van der Waals surface area contributed by atoms with E-state index in [1.807, 2.05) is 26.8 Å². The SMILES string of the molecule is CC(C)[C@H](C)NC(=O)CSc1nc2ccccc2c(=O)n1-c1ncn[nH]1. The quantitative estimate of drug-likeness (QED) is 0.504. The predicted molar refractivity (Wildman–Crippen MR) is 100 cm³/mol. The number of benzene rings is 1. The molecule has 2 aromatic heterocycles. The fourth-order valence-electron chi connectivity index (χ4n) is 2.30. The van der Waals surface area contributed by atoms with Gasteiger partial charge in [0.05, 0.1) is 16.7 Å². The molecule has 3 aromatic rings. The molecule has 136 valence electrons. The monoisotopic (exact) mass is 372 g/mol. The maximum Gasteiger partial charge on any atom is 0.269 e. The zero-order valence-corrected chi connectivity index (χ0v) is 15.6. The highest BCUT2D eigenvalue weighted by Crippen LogP contribution is 2.19. The van der Waals surface area contributed by atoms with Crippen molar-refractivity contribution in [3.05, 3.63) is 40.9 Å². The first-order valence-electron chi connectivity index (χ1n) is 8.27. The number of hydrogen-bond acceptors (Lipinski definition) is 6. The first kappa shape index (κ1) is 18.1. The average Bonchev–Trinajstić information content (AvgIpc) is 3.14. The predicted octanol–water partition coefficient (Wildman–Crippen LogP) is 1.76. The fraction of sp³-hybridized carbons (Fsp3) is 0.353. The Morgan fingerprint density at radius 1 is 1.31 bits per heavy atom. The molecular weight excluding hydrogens is 352 g/mol. The Morgan fingerprint density at radius 3 is 2.77 bits per heavy atom. The second-order valence-electron chi connectivity index (χ2n) is 6.25. The number of amides is 1. The summed E-state index contributed by atoms with van der Waals surface area (Å²) in [5, 5.41) is 10.3. The van der Waals surface area contributed by atoms with Gasteiger partial charge in [0.2, 0.25) is 11.9 Å². The summed E-state index contributed by atoms with van der Waals surface area (Å²) in [6.07, 6.45) is 1.32. The third-order valence-electron chi connectivity index (χ3n) is 4.08. The molecule has 0 radical (unpaired) electrons. The maximum atomic E-state index is 12.9. The molecule has 0 fully saturated rings. The van der Waals surface area contributed by atoms with Crippen LogP contribution in [0.25, 0.3) is 16.9 Å². The molecule has 1 atom stereocenters. The van der Waals surface area contributed by atoms with Crippen molar-refractivity contribution < 1.29 is 4.79 Å². The van der Waals surface area contributed by atoms with E-state index >= 15 is 0 Å². The summed E-state index contributed by atoms with van der Waals surface area (Å²) in [7, 11) is 0. The molecule has 2 heterocycles. The first-order chi connectivity index (χ1) is 12.5. The van der Waals surface area contributed by atoms with Gasteiger partial charge in [0.25, 0.3) is 5.56 Å². The Labute approximate surface area is 154 Å². The second kappa shape index (κ2) is 7.69. The van der Waals surface area contributed by atoms with E-state index in [0.29, 0.717) is 22.0 Å². The Bertz CT molecular complexity index is 967. The third-order valence-corrected chi connectivity index (χ3v) is 5.02. The zero-order valence-electron chi connectivity index (χ0n) is 14.8. The number of aromatic nitrogens is 5. The molecular formula is C17H20N6O2S. The van der Waals surface area contributed by atoms with E-state index < -0.39 is 0 Å². The van der Waals surface area contributed by atoms with Gasteiger partial charge in [-0.2, -0.15) is 10.1 Å². The highest BCUT2D eigenvalue weighted by atomic mass is 32.2. The van der Waals surface area contributed by atoms with Crippen molar-refractivity contribution in [2.75, 3.05) is 5.75 Å². The summed E-state index contributed by atoms with van der Waals surface area (Å²) in [6, 6.07) is 7.15. The number of carbonyl (C=O) groups excluding carboxylic acids is 1. The Morgan fingerprint density at radius 2 is 2.08 bits per heavy atom. The molecule has 1 aromatic carbocycles. The van der Waals surface area contributed by atoms with E-state index in [9.17, 15) is 9.59 Å². The molecule has 0 aliphatic heterocycles. The number of rotatable bonds is 6. The topological polar surface area (TPSA) is 106 Å². The molecule has 0 unspecified atom stereocenters. The Kier molecular flexibility index (Phi) is 5.36. The Balaban J connectivity index is 1.93. The van der Waals surface area contributed by atoms with Crippen LogP contribution in [0.2, 0.25) is 0 Å². The standard InChI is InChI=1S/C17H20N6O2S/c1-10(2)11(3)20-14(24)8-26-17-21-13-7-5-4-6-12(13)15(25)23(17)16-18-9-19-22-16/h4-7,9-11H,8H2,1-3H3,(H,20,24)(H,18,19,22)/t11-/m0/s1. The van der Waals surface area contributed by atoms with Gasteiger partial charge in [-0.3, -0.25) is 9.59 Å². The van der Waals surface area contributed by atoms with Crippen LogP contribution >= 0.6 is 11.8 Å². The van der Waals surface area contributed by atoms with Crippen LogP contribution in [-0.4, -0.2) is 42.4 Å². The largest absolute Gasteiger partial charge is 0.353 e. The summed E-state index contributed by atoms with van der Waals surface area (Å²) in [6.45, 7) is 6.06. The van der Waals surface area contributed by atoms with Crippen molar-refractivity contribution >= 4 is 28.6 Å². The highest BCUT2D eigenvalue weighted by Gasteiger charge is 2.17. The molecule has 3 rings (SSSR count). The molecule has 0 bridgehead atoms. The number of H-pyrrole nitrogens is 1. The molecule has 26 heavy (non-hydrogen) atoms. The van der Waals surface area contributed by atoms with E-state index in [0.717, 1.165) is 0 Å². The number of thioether (sulfide) groups is 1. The van der Waals surface area contributed by atoms with Gasteiger partial charge in [0, 0.05) is 6.04 Å². The van der Waals surface area contributed by atoms with Crippen LogP contribution in [0.4, 0.5) is 0 Å². The zero-order chi connectivity index (χ0) is 18.7. The fourth-order valence-corrected chi connectivity index (χ4v) is 3.10. The minimum Gasteiger partial charge on any atom is -0.353 e. The van der Waals surface area contributed by atoms with Crippen LogP contribution in [-0.2, 0) is 4.79 Å². The van der Waals surface area contributed by atoms with Crippen molar-refractivity contribution in [1.82, 2.24) is 30.0 Å². The number of aromatic amines is 1. The van der Waals surface area contributed by atoms with Crippen LogP contribution in [0.15, 0.2) is 40.5 Å². The average molecular weight is 372 g/mol. The first-order valence-corrected chi connectivity index (χ1v) is 9.25. The van der Waals surface area contributed by atoms with E-state index in [1.165, 1.54) is 22.7 Å². The van der Waals surface area contributed by atoms with Crippen LogP contribution in [0, 0.1) is 5.92 Å². The molecule has 0 spiro atoms. The molecule has 1 amide bonds. The minimum absolute atomic E-state index is 0.0733. The second-order valence-corrected chi connectivity index (χ2v) is 7.19. The van der Waals surface area contributed by atoms with E-state index in [1.54, 1.807) is 18.2 Å². The number of fused-ring (bicyclic) bond motifs is 1. The van der Waals surface area contributed by atoms with Gasteiger partial charge >= 0.3 is 0 Å². The number of carbonyl (C=O) groups is 1. The summed E-state index contributed by atoms with van der Waals surface area (Å²) in [5.41, 5.74) is 0.317. The lowest BCUT2D eigenvalue weighted by atomic mass is 10.1. The van der Waals surface area contributed by atoms with Crippen molar-refractivity contribution in [3.8, 4) is 5.95 Å². The molecule has 0 saturated heterocycles. The van der Waals surface area contributed by atoms with Gasteiger partial charge in [0.1, 0.15) is 6.33 Å². The Hall–Kier alpha value is -2.68. The number of nitrogens with one attached hydrogen (secondary N) is 2. The lowest BCUT2D eigenvalue weighted by molar-refractivity contribution is -0.119. The molecule has 8 nitrogen and oxygen atoms in total. The molecule has 2 N–H and O–H groups in total. The summed E-state index contributed by atoms with van der Waals surface area (Å²) in [4.78, 5) is 33.7. The van der Waals surface area contributed by atoms with Gasteiger partial charge in [-0.05, 0) is 25.0 Å². The van der Waals surface area contributed by atoms with Crippen LogP contribution in [0.5, 0.6) is 0 Å². The third kappa shape index (κ3) is 3.77. The van der Waals surface area contributed by atoms with Crippen LogP contribution in [0.1, 0.15) is 20.8 Å². The summed E-state index contributed by atoms with van der Waals surface area (Å²) >= 11 is 1.19. The van der Waals surface area contributed by atoms with Crippen molar-refractivity contribution in [1.29, 1.82) is 0 Å². The lowest BCUT2D eigenvalue weighted by Crippen LogP contribution is -2.37. The van der Waals surface area contributed by atoms with E-state index in [4.69, 9.17) is 0 Å². The van der Waals surface area contributed by atoms with Gasteiger partial charge < -0.3 is 5.32 Å². The lowest BCUT2D eigenvalue weighted by Gasteiger charge is -2.17. The van der Waals surface area contributed by atoms with Crippen LogP contribution < -0.4 is 10.9 Å². The van der Waals surface area contributed by atoms with Gasteiger partial charge in [-0.1, -0.05) is 37.7 Å². The number of hydrogen-bond donors (Lipinski definition) is 2. The van der Waals surface area contributed by atoms with Crippen molar-refractivity contribution in [3.63, 3.8) is 0 Å².